The van der Waals surface area contributed by atoms with Crippen molar-refractivity contribution in [3.8, 4) is 5.75 Å². The molecule has 0 fully saturated rings. The molecule has 0 amide bonds. The molecule has 2 N–H and O–H groups in total. The summed E-state index contributed by atoms with van der Waals surface area (Å²) in [4.78, 5) is 1.23. The van der Waals surface area contributed by atoms with Gasteiger partial charge in [-0.15, -0.1) is 11.3 Å². The number of rotatable bonds is 7. The molecule has 3 nitrogen and oxygen atoms in total. The van der Waals surface area contributed by atoms with Crippen molar-refractivity contribution in [2.24, 2.45) is 0 Å². The van der Waals surface area contributed by atoms with E-state index >= 15 is 0 Å². The Hall–Kier alpha value is -0.400. The first-order valence-corrected chi connectivity index (χ1v) is 9.02. The molecule has 2 rings (SSSR count). The standard InChI is InChI=1S/C15H17Br2NO2S/c1-10-2-3-14(13(17)6-10)20-9-11(19)7-18-8-15-12(16)4-5-21-15/h2-6,11,18-19H,7-9H2,1H3. The van der Waals surface area contributed by atoms with E-state index in [0.717, 1.165) is 26.8 Å². The van der Waals surface area contributed by atoms with Crippen LogP contribution in [0.15, 0.2) is 38.6 Å². The highest BCUT2D eigenvalue weighted by Crippen LogP contribution is 2.25. The van der Waals surface area contributed by atoms with Crippen LogP contribution in [-0.4, -0.2) is 24.4 Å². The summed E-state index contributed by atoms with van der Waals surface area (Å²) in [7, 11) is 0. The van der Waals surface area contributed by atoms with Crippen LogP contribution < -0.4 is 10.1 Å². The summed E-state index contributed by atoms with van der Waals surface area (Å²) in [5.74, 6) is 0.751. The zero-order chi connectivity index (χ0) is 15.2. The number of aryl methyl sites for hydroxylation is 1. The lowest BCUT2D eigenvalue weighted by Crippen LogP contribution is -2.31. The molecule has 1 unspecified atom stereocenters. The first-order chi connectivity index (χ1) is 10.1. The van der Waals surface area contributed by atoms with Crippen molar-refractivity contribution in [3.63, 3.8) is 0 Å². The van der Waals surface area contributed by atoms with E-state index in [1.165, 1.54) is 4.88 Å². The van der Waals surface area contributed by atoms with Gasteiger partial charge in [-0.3, -0.25) is 0 Å². The fourth-order valence-corrected chi connectivity index (χ4v) is 3.84. The van der Waals surface area contributed by atoms with Crippen LogP contribution in [0.1, 0.15) is 10.4 Å². The largest absolute Gasteiger partial charge is 0.490 e. The molecule has 0 aliphatic rings. The molecule has 2 aromatic rings. The first kappa shape index (κ1) is 17.0. The van der Waals surface area contributed by atoms with E-state index in [9.17, 15) is 5.11 Å². The number of halogens is 2. The van der Waals surface area contributed by atoms with Crippen molar-refractivity contribution in [1.82, 2.24) is 5.32 Å². The Labute approximate surface area is 145 Å². The molecular weight excluding hydrogens is 418 g/mol. The van der Waals surface area contributed by atoms with Gasteiger partial charge in [0, 0.05) is 22.4 Å². The first-order valence-electron chi connectivity index (χ1n) is 6.56. The minimum absolute atomic E-state index is 0.264. The Morgan fingerprint density at radius 3 is 2.76 bits per heavy atom. The SMILES string of the molecule is Cc1ccc(OCC(O)CNCc2sccc2Br)c(Br)c1. The van der Waals surface area contributed by atoms with Gasteiger partial charge >= 0.3 is 0 Å². The third-order valence-corrected chi connectivity index (χ3v) is 5.42. The van der Waals surface area contributed by atoms with Crippen LogP contribution in [0.3, 0.4) is 0 Å². The van der Waals surface area contributed by atoms with Gasteiger partial charge in [-0.25, -0.2) is 0 Å². The monoisotopic (exact) mass is 433 g/mol. The molecule has 0 spiro atoms. The lowest BCUT2D eigenvalue weighted by molar-refractivity contribution is 0.106. The smallest absolute Gasteiger partial charge is 0.133 e. The predicted molar refractivity (Wildman–Crippen MR) is 94.1 cm³/mol. The molecule has 1 heterocycles. The summed E-state index contributed by atoms with van der Waals surface area (Å²) in [6.45, 7) is 3.52. The molecule has 0 bridgehead atoms. The number of aliphatic hydroxyl groups is 1. The maximum absolute atomic E-state index is 9.94. The second-order valence-electron chi connectivity index (χ2n) is 4.72. The summed E-state index contributed by atoms with van der Waals surface area (Å²) in [6, 6.07) is 7.91. The number of thiophene rings is 1. The summed E-state index contributed by atoms with van der Waals surface area (Å²) >= 11 is 8.63. The molecule has 0 radical (unpaired) electrons. The van der Waals surface area contributed by atoms with Gasteiger partial charge in [-0.05, 0) is 67.9 Å². The van der Waals surface area contributed by atoms with Gasteiger partial charge in [0.05, 0.1) is 4.47 Å². The molecule has 21 heavy (non-hydrogen) atoms. The van der Waals surface area contributed by atoms with Crippen molar-refractivity contribution in [3.05, 3.63) is 49.0 Å². The normalized spacial score (nSPS) is 12.4. The molecule has 1 atom stereocenters. The zero-order valence-electron chi connectivity index (χ0n) is 11.6. The van der Waals surface area contributed by atoms with E-state index in [-0.39, 0.29) is 6.61 Å². The Balaban J connectivity index is 1.72. The number of hydrogen-bond acceptors (Lipinski definition) is 4. The minimum Gasteiger partial charge on any atom is -0.490 e. The van der Waals surface area contributed by atoms with Gasteiger partial charge in [-0.1, -0.05) is 6.07 Å². The third-order valence-electron chi connectivity index (χ3n) is 2.88. The minimum atomic E-state index is -0.544. The van der Waals surface area contributed by atoms with Crippen molar-refractivity contribution in [2.75, 3.05) is 13.2 Å². The van der Waals surface area contributed by atoms with E-state index in [1.54, 1.807) is 11.3 Å². The van der Waals surface area contributed by atoms with Crippen molar-refractivity contribution < 1.29 is 9.84 Å². The van der Waals surface area contributed by atoms with E-state index in [0.29, 0.717) is 6.54 Å². The Morgan fingerprint density at radius 2 is 2.10 bits per heavy atom. The van der Waals surface area contributed by atoms with Crippen molar-refractivity contribution in [1.29, 1.82) is 0 Å². The highest BCUT2D eigenvalue weighted by Gasteiger charge is 2.08. The summed E-state index contributed by atoms with van der Waals surface area (Å²) in [5, 5.41) is 15.2. The molecule has 6 heteroatoms. The zero-order valence-corrected chi connectivity index (χ0v) is 15.6. The number of nitrogens with one attached hydrogen (secondary N) is 1. The van der Waals surface area contributed by atoms with Crippen molar-refractivity contribution in [2.45, 2.75) is 19.6 Å². The van der Waals surface area contributed by atoms with Crippen LogP contribution in [0.5, 0.6) is 5.75 Å². The summed E-state index contributed by atoms with van der Waals surface area (Å²) in [5.41, 5.74) is 1.16. The van der Waals surface area contributed by atoms with Gasteiger partial charge < -0.3 is 15.2 Å². The Bertz CT molecular complexity index is 589. The lowest BCUT2D eigenvalue weighted by atomic mass is 10.2. The number of ether oxygens (including phenoxy) is 1. The third kappa shape index (κ3) is 5.38. The molecule has 114 valence electrons. The quantitative estimate of drug-likeness (QED) is 0.688. The van der Waals surface area contributed by atoms with Crippen LogP contribution in [0.2, 0.25) is 0 Å². The Morgan fingerprint density at radius 1 is 1.29 bits per heavy atom. The van der Waals surface area contributed by atoms with Crippen LogP contribution >= 0.6 is 43.2 Å². The molecule has 0 aliphatic carbocycles. The van der Waals surface area contributed by atoms with Crippen LogP contribution in [-0.2, 0) is 6.54 Å². The molecular formula is C15H17Br2NO2S. The average molecular weight is 435 g/mol. The van der Waals surface area contributed by atoms with Crippen LogP contribution in [0, 0.1) is 6.92 Å². The number of hydrogen-bond donors (Lipinski definition) is 2. The molecule has 1 aromatic carbocycles. The maximum Gasteiger partial charge on any atom is 0.133 e. The van der Waals surface area contributed by atoms with Gasteiger partial charge in [0.2, 0.25) is 0 Å². The topological polar surface area (TPSA) is 41.5 Å². The van der Waals surface area contributed by atoms with Gasteiger partial charge in [0.25, 0.3) is 0 Å². The van der Waals surface area contributed by atoms with Gasteiger partial charge in [-0.2, -0.15) is 0 Å². The second kappa shape index (κ2) is 8.29. The molecule has 1 aromatic heterocycles. The van der Waals surface area contributed by atoms with Crippen LogP contribution in [0.25, 0.3) is 0 Å². The number of benzene rings is 1. The maximum atomic E-state index is 9.94. The van der Waals surface area contributed by atoms with E-state index in [4.69, 9.17) is 4.74 Å². The average Bonchev–Trinajstić information content (AvgIpc) is 2.83. The molecule has 0 aliphatic heterocycles. The van der Waals surface area contributed by atoms with E-state index < -0.39 is 6.10 Å². The molecule has 0 saturated heterocycles. The molecule has 0 saturated carbocycles. The summed E-state index contributed by atoms with van der Waals surface area (Å²) < 4.78 is 7.63. The van der Waals surface area contributed by atoms with Gasteiger partial charge in [0.1, 0.15) is 18.5 Å². The van der Waals surface area contributed by atoms with E-state index in [2.05, 4.69) is 37.2 Å². The highest BCUT2D eigenvalue weighted by atomic mass is 79.9. The second-order valence-corrected chi connectivity index (χ2v) is 7.43. The fourth-order valence-electron chi connectivity index (χ4n) is 1.77. The number of aliphatic hydroxyl groups excluding tert-OH is 1. The van der Waals surface area contributed by atoms with Gasteiger partial charge in [0.15, 0.2) is 0 Å². The Kier molecular flexibility index (Phi) is 6.70. The predicted octanol–water partition coefficient (Wildman–Crippen LogP) is 4.11. The van der Waals surface area contributed by atoms with Crippen molar-refractivity contribution >= 4 is 43.2 Å². The van der Waals surface area contributed by atoms with Crippen LogP contribution in [0.4, 0.5) is 0 Å². The van der Waals surface area contributed by atoms with E-state index in [1.807, 2.05) is 36.6 Å². The lowest BCUT2D eigenvalue weighted by Gasteiger charge is -2.14. The summed E-state index contributed by atoms with van der Waals surface area (Å²) in [6.07, 6.45) is -0.544. The highest BCUT2D eigenvalue weighted by molar-refractivity contribution is 9.10. The fraction of sp³-hybridized carbons (Fsp3) is 0.333.